The molecule has 0 aliphatic heterocycles. The lowest BCUT2D eigenvalue weighted by molar-refractivity contribution is 0.117. The second-order valence-electron chi connectivity index (χ2n) is 1.44. The second kappa shape index (κ2) is 4.33. The van der Waals surface area contributed by atoms with E-state index in [1.807, 2.05) is 0 Å². The van der Waals surface area contributed by atoms with Crippen molar-refractivity contribution >= 4 is 26.1 Å². The Bertz CT molecular complexity index is 104. The maximum atomic E-state index is 9.39. The minimum absolute atomic E-state index is 0.0255. The fourth-order valence-electron chi connectivity index (χ4n) is 0. The Labute approximate surface area is 60.5 Å². The first-order valence-electron chi connectivity index (χ1n) is 1.92. The van der Waals surface area contributed by atoms with Crippen LogP contribution in [0.25, 0.3) is 0 Å². The van der Waals surface area contributed by atoms with E-state index in [1.54, 1.807) is 0 Å². The van der Waals surface area contributed by atoms with Crippen LogP contribution in [0.3, 0.4) is 0 Å². The maximum absolute atomic E-state index is 9.39. The quantitative estimate of drug-likeness (QED) is 0.175. The van der Waals surface area contributed by atoms with Crippen LogP contribution in [0.2, 0.25) is 0 Å². The molecule has 0 rings (SSSR count). The molecule has 0 bridgehead atoms. The molecule has 7 nitrogen and oxygen atoms in total. The third kappa shape index (κ3) is 2590. The Morgan fingerprint density at radius 1 is 1.10 bits per heavy atom. The van der Waals surface area contributed by atoms with Gasteiger partial charge in [0.05, 0.1) is 0 Å². The van der Waals surface area contributed by atoms with Gasteiger partial charge in [-0.3, -0.25) is 4.57 Å². The lowest BCUT2D eigenvalue weighted by Gasteiger charge is -1.91. The summed E-state index contributed by atoms with van der Waals surface area (Å²) in [5.74, 6) is 0. The average molecular weight is 208 g/mol. The number of hydrogen-bond donors (Lipinski definition) is 6. The van der Waals surface area contributed by atoms with E-state index < -0.39 is 16.2 Å². The predicted octanol–water partition coefficient (Wildman–Crippen LogP) is -4.16. The van der Waals surface area contributed by atoms with E-state index in [4.69, 9.17) is 29.0 Å². The third-order valence-electron chi connectivity index (χ3n) is 0. The van der Waals surface area contributed by atoms with Crippen LogP contribution in [0, 0.1) is 0 Å². The van der Waals surface area contributed by atoms with Crippen LogP contribution < -0.4 is 0 Å². The van der Waals surface area contributed by atoms with E-state index in [1.165, 1.54) is 0 Å². The molecule has 0 heterocycles. The molecule has 0 spiro atoms. The van der Waals surface area contributed by atoms with Crippen LogP contribution in [0.5, 0.6) is 0 Å². The third-order valence-corrected chi connectivity index (χ3v) is 0. The fourth-order valence-corrected chi connectivity index (χ4v) is 0. The molecule has 0 saturated heterocycles. The molecule has 10 heavy (non-hydrogen) atoms. The SMILES string of the molecule is O=P(O)(O)[SiH3].O[Si](O)(O)O. The molecule has 0 radical (unpaired) electrons. The van der Waals surface area contributed by atoms with Crippen molar-refractivity contribution < 1.29 is 33.5 Å². The van der Waals surface area contributed by atoms with Crippen molar-refractivity contribution in [3.05, 3.63) is 0 Å². The van der Waals surface area contributed by atoms with Gasteiger partial charge >= 0.3 is 9.05 Å². The van der Waals surface area contributed by atoms with Crippen molar-refractivity contribution in [1.82, 2.24) is 0 Å². The monoisotopic (exact) mass is 208 g/mol. The largest absolute Gasteiger partial charge is 0.668 e. The highest BCUT2D eigenvalue weighted by Gasteiger charge is 2.22. The van der Waals surface area contributed by atoms with Crippen molar-refractivity contribution in [3.63, 3.8) is 0 Å². The molecule has 0 aromatic rings. The number of hydrogen-bond acceptors (Lipinski definition) is 5. The Balaban J connectivity index is 0. The zero-order valence-corrected chi connectivity index (χ0v) is 8.93. The van der Waals surface area contributed by atoms with Gasteiger partial charge < -0.3 is 29.0 Å². The molecule has 0 fully saturated rings. The van der Waals surface area contributed by atoms with Gasteiger partial charge in [0.15, 0.2) is 0 Å². The van der Waals surface area contributed by atoms with Crippen LogP contribution in [0.15, 0.2) is 0 Å². The van der Waals surface area contributed by atoms with Crippen LogP contribution >= 0.6 is 7.14 Å². The maximum Gasteiger partial charge on any atom is 0.668 e. The summed E-state index contributed by atoms with van der Waals surface area (Å²) in [7, 11) is -8.14. The molecule has 0 aromatic heterocycles. The minimum atomic E-state index is -4.61. The summed E-state index contributed by atoms with van der Waals surface area (Å²) >= 11 is 0. The van der Waals surface area contributed by atoms with Crippen molar-refractivity contribution in [2.45, 2.75) is 0 Å². The zero-order valence-electron chi connectivity index (χ0n) is 5.04. The Hall–Kier alpha value is 0.424. The molecular weight excluding hydrogens is 199 g/mol. The Morgan fingerprint density at radius 3 is 1.10 bits per heavy atom. The van der Waals surface area contributed by atoms with Gasteiger partial charge in [-0.15, -0.1) is 0 Å². The van der Waals surface area contributed by atoms with Crippen LogP contribution in [-0.2, 0) is 4.57 Å². The summed E-state index contributed by atoms with van der Waals surface area (Å²) in [6.45, 7) is 0. The molecule has 0 saturated carbocycles. The highest BCUT2D eigenvalue weighted by molar-refractivity contribution is 7.77. The van der Waals surface area contributed by atoms with Crippen LogP contribution in [0.1, 0.15) is 0 Å². The summed E-state index contributed by atoms with van der Waals surface area (Å²) in [5, 5.41) is 0. The first-order chi connectivity index (χ1) is 4.00. The first kappa shape index (κ1) is 13.0. The van der Waals surface area contributed by atoms with Gasteiger partial charge in [0.1, 0.15) is 9.91 Å². The molecule has 0 aliphatic rings. The molecule has 6 N–H and O–H groups in total. The summed E-state index contributed by atoms with van der Waals surface area (Å²) in [5.41, 5.74) is 0. The Kier molecular flexibility index (Phi) is 5.65. The highest BCUT2D eigenvalue weighted by Crippen LogP contribution is 2.24. The molecule has 64 valence electrons. The van der Waals surface area contributed by atoms with E-state index in [-0.39, 0.29) is 9.91 Å². The lowest BCUT2D eigenvalue weighted by atomic mass is 15.7. The van der Waals surface area contributed by atoms with E-state index in [0.29, 0.717) is 0 Å². The van der Waals surface area contributed by atoms with Gasteiger partial charge in [-0.1, -0.05) is 0 Å². The molecule has 10 heteroatoms. The molecule has 0 amide bonds. The molecule has 0 aromatic carbocycles. The highest BCUT2D eigenvalue weighted by atomic mass is 31.4. The van der Waals surface area contributed by atoms with E-state index in [2.05, 4.69) is 0 Å². The second-order valence-corrected chi connectivity index (χ2v) is 7.80. The average Bonchev–Trinajstić information content (AvgIpc) is 1.12. The number of rotatable bonds is 0. The topological polar surface area (TPSA) is 138 Å². The van der Waals surface area contributed by atoms with Crippen LogP contribution in [-0.4, -0.2) is 47.9 Å². The minimum Gasteiger partial charge on any atom is -0.368 e. The van der Waals surface area contributed by atoms with Gasteiger partial charge in [-0.25, -0.2) is 0 Å². The molecule has 0 aliphatic carbocycles. The molecular formula is H9O7PSi2. The molecule has 0 atom stereocenters. The van der Waals surface area contributed by atoms with E-state index in [9.17, 15) is 4.57 Å². The van der Waals surface area contributed by atoms with E-state index >= 15 is 0 Å². The van der Waals surface area contributed by atoms with Crippen LogP contribution in [0.4, 0.5) is 0 Å². The van der Waals surface area contributed by atoms with Gasteiger partial charge in [-0.05, 0) is 0 Å². The fraction of sp³-hybridized carbons (Fsp3) is 0. The van der Waals surface area contributed by atoms with Crippen molar-refractivity contribution in [2.24, 2.45) is 0 Å². The first-order valence-corrected chi connectivity index (χ1v) is 8.46. The van der Waals surface area contributed by atoms with Gasteiger partial charge in [0.2, 0.25) is 0 Å². The molecule has 0 unspecified atom stereocenters. The summed E-state index contributed by atoms with van der Waals surface area (Å²) in [6, 6.07) is 0. The lowest BCUT2D eigenvalue weighted by Crippen LogP contribution is -2.33. The standard InChI is InChI=1S/H4O4Si.H5O3PSi/c1-5(2,3)4;1-4(2,3)5/h1-4H;5H3,(H2,1,2,3). The Morgan fingerprint density at radius 2 is 1.10 bits per heavy atom. The van der Waals surface area contributed by atoms with E-state index in [0.717, 1.165) is 0 Å². The normalized spacial score (nSPS) is 12.2. The van der Waals surface area contributed by atoms with Gasteiger partial charge in [0.25, 0.3) is 7.14 Å². The van der Waals surface area contributed by atoms with Crippen molar-refractivity contribution in [1.29, 1.82) is 0 Å². The van der Waals surface area contributed by atoms with Crippen molar-refractivity contribution in [3.8, 4) is 0 Å². The zero-order chi connectivity index (χ0) is 9.00. The van der Waals surface area contributed by atoms with Crippen molar-refractivity contribution in [2.75, 3.05) is 0 Å². The summed E-state index contributed by atoms with van der Waals surface area (Å²) in [6.07, 6.45) is 0. The van der Waals surface area contributed by atoms with Gasteiger partial charge in [0, 0.05) is 0 Å². The predicted molar refractivity (Wildman–Crippen MR) is 36.6 cm³/mol. The smallest absolute Gasteiger partial charge is 0.368 e. The summed E-state index contributed by atoms with van der Waals surface area (Å²) in [4.78, 5) is 44.7. The summed E-state index contributed by atoms with van der Waals surface area (Å²) < 4.78 is 9.39. The van der Waals surface area contributed by atoms with Gasteiger partial charge in [-0.2, -0.15) is 0 Å².